The number of hydrogen-bond acceptors (Lipinski definition) is 1. The van der Waals surface area contributed by atoms with Crippen LogP contribution in [0, 0.1) is 0 Å². The Bertz CT molecular complexity index is 1180. The van der Waals surface area contributed by atoms with Crippen molar-refractivity contribution in [2.24, 2.45) is 0 Å². The van der Waals surface area contributed by atoms with Gasteiger partial charge >= 0.3 is 0 Å². The second-order valence-electron chi connectivity index (χ2n) is 7.01. The zero-order chi connectivity index (χ0) is 18.9. The minimum Gasteiger partial charge on any atom is -0.194 e. The third-order valence-electron chi connectivity index (χ3n) is 5.20. The van der Waals surface area contributed by atoms with Gasteiger partial charge in [0.15, 0.2) is 12.7 Å². The average molecular weight is 398 g/mol. The van der Waals surface area contributed by atoms with Crippen LogP contribution in [0.4, 0.5) is 0 Å². The lowest BCUT2D eigenvalue weighted by Gasteiger charge is -2.08. The Balaban J connectivity index is 1.56. The van der Waals surface area contributed by atoms with E-state index >= 15 is 0 Å². The molecule has 1 unspecified atom stereocenters. The highest BCUT2D eigenvalue weighted by Gasteiger charge is 2.24. The molecule has 1 aliphatic heterocycles. The molecule has 0 saturated carbocycles. The smallest absolute Gasteiger partial charge is 0.194 e. The van der Waals surface area contributed by atoms with Crippen molar-refractivity contribution in [2.45, 2.75) is 11.4 Å². The molecule has 3 heteroatoms. The molecular weight excluding hydrogens is 377 g/mol. The van der Waals surface area contributed by atoms with Gasteiger partial charge in [-0.3, -0.25) is 0 Å². The molecule has 1 aromatic heterocycles. The molecule has 0 spiro atoms. The number of thioether (sulfide) groups is 1. The van der Waals surface area contributed by atoms with E-state index in [9.17, 15) is 0 Å². The Morgan fingerprint density at radius 2 is 1.61 bits per heavy atom. The lowest BCUT2D eigenvalue weighted by Crippen LogP contribution is -2.34. The molecule has 4 aromatic rings. The maximum Gasteiger partial charge on any atom is 0.213 e. The summed E-state index contributed by atoms with van der Waals surface area (Å²) in [5, 5.41) is 2.82. The number of rotatable bonds is 3. The predicted octanol–water partition coefficient (Wildman–Crippen LogP) is 6.02. The van der Waals surface area contributed by atoms with E-state index < -0.39 is 0 Å². The normalized spacial score (nSPS) is 17.2. The Hall–Kier alpha value is -2.41. The lowest BCUT2D eigenvalue weighted by molar-refractivity contribution is -0.662. The Morgan fingerprint density at radius 1 is 0.857 bits per heavy atom. The summed E-state index contributed by atoms with van der Waals surface area (Å²) in [6.07, 6.45) is 4.64. The summed E-state index contributed by atoms with van der Waals surface area (Å²) in [4.78, 5) is 1.42. The molecular formula is C25H21NPS+. The highest BCUT2D eigenvalue weighted by atomic mass is 32.2. The van der Waals surface area contributed by atoms with Crippen LogP contribution in [0.5, 0.6) is 0 Å². The van der Waals surface area contributed by atoms with E-state index in [0.29, 0.717) is 0 Å². The Kier molecular flexibility index (Phi) is 4.76. The zero-order valence-electron chi connectivity index (χ0n) is 15.7. The van der Waals surface area contributed by atoms with E-state index in [-0.39, 0.29) is 7.92 Å². The van der Waals surface area contributed by atoms with Crippen molar-refractivity contribution in [1.82, 2.24) is 0 Å². The lowest BCUT2D eigenvalue weighted by atomic mass is 10.1. The molecule has 0 amide bonds. The van der Waals surface area contributed by atoms with E-state index in [1.165, 1.54) is 36.9 Å². The maximum atomic E-state index is 2.41. The van der Waals surface area contributed by atoms with E-state index in [1.54, 1.807) is 0 Å². The fraction of sp³-hybridized carbons (Fsp3) is 0.0800. The second-order valence-corrected chi connectivity index (χ2v) is 10.5. The number of benzene rings is 3. The first-order chi connectivity index (χ1) is 13.8. The topological polar surface area (TPSA) is 3.88 Å². The van der Waals surface area contributed by atoms with Crippen LogP contribution in [0.3, 0.4) is 0 Å². The largest absolute Gasteiger partial charge is 0.213 e. The number of para-hydroxylation sites is 1. The highest BCUT2D eigenvalue weighted by molar-refractivity contribution is 8.14. The molecule has 0 N–H and O–H groups in total. The van der Waals surface area contributed by atoms with Crippen molar-refractivity contribution in [1.29, 1.82) is 0 Å². The Morgan fingerprint density at radius 3 is 2.46 bits per heavy atom. The standard InChI is InChI=1S/C25H21NPS/c1-27-23-13-7-8-14-24(23)28-25(27)17-20-15-16-26(18-19-9-3-2-4-10-19)22-12-6-5-11-21(20)22/h2-17H,18H2,1H3/q+1. The van der Waals surface area contributed by atoms with Gasteiger partial charge in [0.25, 0.3) is 0 Å². The number of aromatic nitrogens is 1. The van der Waals surface area contributed by atoms with Crippen molar-refractivity contribution in [3.63, 3.8) is 0 Å². The second kappa shape index (κ2) is 7.54. The van der Waals surface area contributed by atoms with Crippen molar-refractivity contribution < 1.29 is 4.57 Å². The summed E-state index contributed by atoms with van der Waals surface area (Å²) < 4.78 is 3.83. The first kappa shape index (κ1) is 17.7. The number of nitrogens with zero attached hydrogens (tertiary/aromatic N) is 1. The third kappa shape index (κ3) is 3.28. The van der Waals surface area contributed by atoms with Crippen molar-refractivity contribution >= 4 is 42.0 Å². The highest BCUT2D eigenvalue weighted by Crippen LogP contribution is 2.57. The molecule has 0 bridgehead atoms. The van der Waals surface area contributed by atoms with Gasteiger partial charge in [-0.05, 0) is 43.7 Å². The Labute approximate surface area is 171 Å². The third-order valence-corrected chi connectivity index (χ3v) is 9.26. The summed E-state index contributed by atoms with van der Waals surface area (Å²) in [6.45, 7) is 3.26. The summed E-state index contributed by atoms with van der Waals surface area (Å²) in [5.41, 5.74) is 3.91. The minimum absolute atomic E-state index is 0.254. The molecule has 0 aliphatic carbocycles. The molecule has 2 heterocycles. The fourth-order valence-corrected chi connectivity index (χ4v) is 7.43. The van der Waals surface area contributed by atoms with Crippen LogP contribution in [0.15, 0.2) is 101 Å². The molecule has 1 aliphatic rings. The van der Waals surface area contributed by atoms with Crippen LogP contribution in [0.1, 0.15) is 11.1 Å². The summed E-state index contributed by atoms with van der Waals surface area (Å²) in [6, 6.07) is 30.5. The van der Waals surface area contributed by atoms with Gasteiger partial charge in [0, 0.05) is 27.2 Å². The van der Waals surface area contributed by atoms with Gasteiger partial charge in [-0.1, -0.05) is 72.4 Å². The minimum atomic E-state index is -0.254. The number of hydrogen-bond donors (Lipinski definition) is 0. The summed E-state index contributed by atoms with van der Waals surface area (Å²) >= 11 is 1.94. The van der Waals surface area contributed by atoms with Crippen LogP contribution in [0.25, 0.3) is 17.0 Å². The molecule has 0 radical (unpaired) electrons. The summed E-state index contributed by atoms with van der Waals surface area (Å²) in [7, 11) is -0.254. The SMILES string of the molecule is CP1C(=Cc2cc[n+](Cc3ccccc3)c3ccccc23)Sc2ccccc21. The van der Waals surface area contributed by atoms with Crippen LogP contribution in [-0.2, 0) is 6.54 Å². The van der Waals surface area contributed by atoms with Gasteiger partial charge in [0.05, 0.1) is 5.39 Å². The molecule has 1 atom stereocenters. The molecule has 5 rings (SSSR count). The molecule has 28 heavy (non-hydrogen) atoms. The molecule has 1 nitrogen and oxygen atoms in total. The zero-order valence-corrected chi connectivity index (χ0v) is 17.5. The summed E-state index contributed by atoms with van der Waals surface area (Å²) in [5.74, 6) is 0. The first-order valence-electron chi connectivity index (χ1n) is 9.47. The quantitative estimate of drug-likeness (QED) is 0.302. The van der Waals surface area contributed by atoms with Gasteiger partial charge in [-0.15, -0.1) is 0 Å². The van der Waals surface area contributed by atoms with Gasteiger partial charge in [0.1, 0.15) is 0 Å². The fourth-order valence-electron chi connectivity index (χ4n) is 3.73. The van der Waals surface area contributed by atoms with Crippen LogP contribution >= 0.6 is 19.7 Å². The van der Waals surface area contributed by atoms with Crippen molar-refractivity contribution in [3.8, 4) is 0 Å². The van der Waals surface area contributed by atoms with Crippen LogP contribution < -0.4 is 9.87 Å². The maximum absolute atomic E-state index is 2.41. The molecule has 136 valence electrons. The van der Waals surface area contributed by atoms with Gasteiger partial charge in [0.2, 0.25) is 5.52 Å². The first-order valence-corrected chi connectivity index (χ1v) is 12.1. The van der Waals surface area contributed by atoms with Crippen LogP contribution in [-0.4, -0.2) is 6.66 Å². The monoisotopic (exact) mass is 398 g/mol. The van der Waals surface area contributed by atoms with Gasteiger partial charge < -0.3 is 0 Å². The van der Waals surface area contributed by atoms with Gasteiger partial charge in [-0.25, -0.2) is 0 Å². The van der Waals surface area contributed by atoms with E-state index in [2.05, 4.69) is 108 Å². The molecule has 0 fully saturated rings. The van der Waals surface area contributed by atoms with Crippen molar-refractivity contribution in [2.75, 3.05) is 6.66 Å². The van der Waals surface area contributed by atoms with Crippen molar-refractivity contribution in [3.05, 3.63) is 107 Å². The van der Waals surface area contributed by atoms with E-state index in [1.807, 2.05) is 11.8 Å². The van der Waals surface area contributed by atoms with Gasteiger partial charge in [-0.2, -0.15) is 4.57 Å². The molecule has 3 aromatic carbocycles. The number of fused-ring (bicyclic) bond motifs is 2. The predicted molar refractivity (Wildman–Crippen MR) is 122 cm³/mol. The van der Waals surface area contributed by atoms with Crippen LogP contribution in [0.2, 0.25) is 0 Å². The van der Waals surface area contributed by atoms with E-state index in [0.717, 1.165) is 6.54 Å². The number of pyridine rings is 1. The molecule has 0 saturated heterocycles. The average Bonchev–Trinajstić information content (AvgIpc) is 3.06. The van der Waals surface area contributed by atoms with E-state index in [4.69, 9.17) is 0 Å².